The molecule has 7 nitrogen and oxygen atoms in total. The van der Waals surface area contributed by atoms with Gasteiger partial charge < -0.3 is 10.1 Å². The van der Waals surface area contributed by atoms with Crippen LogP contribution in [0, 0.1) is 0 Å². The maximum Gasteiger partial charge on any atom is 0.237 e. The Morgan fingerprint density at radius 2 is 2.19 bits per heavy atom. The summed E-state index contributed by atoms with van der Waals surface area (Å²) in [4.78, 5) is 17.0. The lowest BCUT2D eigenvalue weighted by Crippen LogP contribution is -2.49. The fourth-order valence-electron chi connectivity index (χ4n) is 3.91. The SMILES string of the molecule is COCCN(C)Cc1cc2n(n1)CCN(C(C)C(=O)NC1CCCC1)C2. The number of nitrogens with zero attached hydrogens (tertiary/aromatic N) is 4. The number of rotatable bonds is 8. The van der Waals surface area contributed by atoms with Gasteiger partial charge in [-0.3, -0.25) is 19.3 Å². The molecule has 1 aliphatic carbocycles. The number of methoxy groups -OCH3 is 1. The highest BCUT2D eigenvalue weighted by Gasteiger charge is 2.28. The molecule has 2 heterocycles. The number of aromatic nitrogens is 2. The van der Waals surface area contributed by atoms with Crippen molar-refractivity contribution in [3.63, 3.8) is 0 Å². The van der Waals surface area contributed by atoms with E-state index in [1.54, 1.807) is 7.11 Å². The highest BCUT2D eigenvalue weighted by atomic mass is 16.5. The molecule has 0 spiro atoms. The van der Waals surface area contributed by atoms with Gasteiger partial charge in [-0.1, -0.05) is 12.8 Å². The predicted molar refractivity (Wildman–Crippen MR) is 101 cm³/mol. The molecule has 1 aliphatic heterocycles. The van der Waals surface area contributed by atoms with Crippen LogP contribution in [-0.4, -0.2) is 71.4 Å². The van der Waals surface area contributed by atoms with Gasteiger partial charge in [0.1, 0.15) is 0 Å². The number of likely N-dealkylation sites (N-methyl/N-ethyl adjacent to an activating group) is 1. The van der Waals surface area contributed by atoms with E-state index in [9.17, 15) is 4.79 Å². The minimum Gasteiger partial charge on any atom is -0.383 e. The monoisotopic (exact) mass is 363 g/mol. The fourth-order valence-corrected chi connectivity index (χ4v) is 3.91. The molecule has 1 fully saturated rings. The molecule has 146 valence electrons. The summed E-state index contributed by atoms with van der Waals surface area (Å²) in [5, 5.41) is 7.96. The molecule has 3 rings (SSSR count). The lowest BCUT2D eigenvalue weighted by atomic mass is 10.1. The molecule has 7 heteroatoms. The van der Waals surface area contributed by atoms with Crippen molar-refractivity contribution < 1.29 is 9.53 Å². The molecule has 1 N–H and O–H groups in total. The number of ether oxygens (including phenoxy) is 1. The van der Waals surface area contributed by atoms with Crippen LogP contribution >= 0.6 is 0 Å². The van der Waals surface area contributed by atoms with Crippen LogP contribution in [0.5, 0.6) is 0 Å². The Morgan fingerprint density at radius 1 is 1.42 bits per heavy atom. The van der Waals surface area contributed by atoms with E-state index in [0.717, 1.165) is 57.9 Å². The second-order valence-corrected chi connectivity index (χ2v) is 7.72. The first-order valence-electron chi connectivity index (χ1n) is 9.84. The average molecular weight is 364 g/mol. The maximum atomic E-state index is 12.6. The van der Waals surface area contributed by atoms with Crippen molar-refractivity contribution in [2.75, 3.05) is 33.9 Å². The van der Waals surface area contributed by atoms with Crippen LogP contribution in [0.2, 0.25) is 0 Å². The summed E-state index contributed by atoms with van der Waals surface area (Å²) in [6, 6.07) is 2.47. The van der Waals surface area contributed by atoms with Crippen LogP contribution in [-0.2, 0) is 29.2 Å². The lowest BCUT2D eigenvalue weighted by molar-refractivity contribution is -0.127. The second-order valence-electron chi connectivity index (χ2n) is 7.72. The molecule has 0 saturated heterocycles. The van der Waals surface area contributed by atoms with Gasteiger partial charge in [-0.05, 0) is 32.9 Å². The van der Waals surface area contributed by atoms with Crippen LogP contribution < -0.4 is 5.32 Å². The summed E-state index contributed by atoms with van der Waals surface area (Å²) in [5.41, 5.74) is 2.29. The zero-order valence-electron chi connectivity index (χ0n) is 16.4. The van der Waals surface area contributed by atoms with E-state index in [0.29, 0.717) is 6.04 Å². The first-order chi connectivity index (χ1) is 12.6. The number of carbonyl (C=O) groups excluding carboxylic acids is 1. The molecular formula is C19H33N5O2. The zero-order valence-corrected chi connectivity index (χ0v) is 16.4. The molecule has 1 aromatic heterocycles. The minimum atomic E-state index is -0.0907. The topological polar surface area (TPSA) is 62.6 Å². The number of hydrogen-bond donors (Lipinski definition) is 1. The van der Waals surface area contributed by atoms with Gasteiger partial charge in [-0.15, -0.1) is 0 Å². The average Bonchev–Trinajstić information content (AvgIpc) is 3.27. The smallest absolute Gasteiger partial charge is 0.237 e. The molecule has 0 radical (unpaired) electrons. The van der Waals surface area contributed by atoms with Crippen molar-refractivity contribution in [1.29, 1.82) is 0 Å². The van der Waals surface area contributed by atoms with Crippen molar-refractivity contribution in [2.45, 2.75) is 64.3 Å². The van der Waals surface area contributed by atoms with E-state index in [1.165, 1.54) is 18.5 Å². The molecule has 2 aliphatic rings. The van der Waals surface area contributed by atoms with Gasteiger partial charge in [-0.25, -0.2) is 0 Å². The quantitative estimate of drug-likeness (QED) is 0.753. The summed E-state index contributed by atoms with van der Waals surface area (Å²) in [7, 11) is 3.81. The zero-order chi connectivity index (χ0) is 18.5. The molecule has 1 unspecified atom stereocenters. The third-order valence-electron chi connectivity index (χ3n) is 5.62. The van der Waals surface area contributed by atoms with Gasteiger partial charge in [-0.2, -0.15) is 5.10 Å². The van der Waals surface area contributed by atoms with Gasteiger partial charge in [0, 0.05) is 39.3 Å². The van der Waals surface area contributed by atoms with E-state index >= 15 is 0 Å². The molecule has 26 heavy (non-hydrogen) atoms. The Hall–Kier alpha value is -1.44. The third kappa shape index (κ3) is 4.84. The molecular weight excluding hydrogens is 330 g/mol. The van der Waals surface area contributed by atoms with E-state index in [1.807, 2.05) is 6.92 Å². The summed E-state index contributed by atoms with van der Waals surface area (Å²) in [6.07, 6.45) is 4.74. The first kappa shape index (κ1) is 19.3. The number of carbonyl (C=O) groups is 1. The molecule has 1 amide bonds. The van der Waals surface area contributed by atoms with E-state index in [2.05, 4.69) is 32.9 Å². The number of hydrogen-bond acceptors (Lipinski definition) is 5. The summed E-state index contributed by atoms with van der Waals surface area (Å²) in [5.74, 6) is 0.171. The Morgan fingerprint density at radius 3 is 2.92 bits per heavy atom. The van der Waals surface area contributed by atoms with Gasteiger partial charge in [0.25, 0.3) is 0 Å². The lowest BCUT2D eigenvalue weighted by Gasteiger charge is -2.32. The van der Waals surface area contributed by atoms with E-state index in [4.69, 9.17) is 9.84 Å². The summed E-state index contributed by atoms with van der Waals surface area (Å²) in [6.45, 7) is 6.96. The van der Waals surface area contributed by atoms with E-state index < -0.39 is 0 Å². The van der Waals surface area contributed by atoms with Crippen LogP contribution in [0.1, 0.15) is 44.0 Å². The van der Waals surface area contributed by atoms with Gasteiger partial charge >= 0.3 is 0 Å². The normalized spacial score (nSPS) is 19.7. The minimum absolute atomic E-state index is 0.0907. The van der Waals surface area contributed by atoms with Gasteiger partial charge in [0.2, 0.25) is 5.91 Å². The Bertz CT molecular complexity index is 597. The molecule has 1 atom stereocenters. The predicted octanol–water partition coefficient (Wildman–Crippen LogP) is 1.22. The molecule has 1 saturated carbocycles. The van der Waals surface area contributed by atoms with Gasteiger partial charge in [0.05, 0.1) is 30.6 Å². The van der Waals surface area contributed by atoms with Crippen LogP contribution in [0.3, 0.4) is 0 Å². The summed E-state index contributed by atoms with van der Waals surface area (Å²) >= 11 is 0. The molecule has 0 bridgehead atoms. The van der Waals surface area contributed by atoms with Crippen molar-refractivity contribution >= 4 is 5.91 Å². The summed E-state index contributed by atoms with van der Waals surface area (Å²) < 4.78 is 7.22. The standard InChI is InChI=1S/C19H33N5O2/c1-15(19(25)20-16-6-4-5-7-16)23-8-9-24-18(14-23)12-17(21-24)13-22(2)10-11-26-3/h12,15-16H,4-11,13-14H2,1-3H3,(H,20,25). The van der Waals surface area contributed by atoms with Crippen molar-refractivity contribution in [1.82, 2.24) is 24.9 Å². The van der Waals surface area contributed by atoms with Crippen LogP contribution in [0.4, 0.5) is 0 Å². The number of fused-ring (bicyclic) bond motifs is 1. The molecule has 1 aromatic rings. The maximum absolute atomic E-state index is 12.6. The third-order valence-corrected chi connectivity index (χ3v) is 5.62. The van der Waals surface area contributed by atoms with E-state index in [-0.39, 0.29) is 11.9 Å². The Kier molecular flexibility index (Phi) is 6.67. The highest BCUT2D eigenvalue weighted by molar-refractivity contribution is 5.81. The van der Waals surface area contributed by atoms with Crippen molar-refractivity contribution in [2.24, 2.45) is 0 Å². The van der Waals surface area contributed by atoms with Crippen molar-refractivity contribution in [3.8, 4) is 0 Å². The largest absolute Gasteiger partial charge is 0.383 e. The number of amides is 1. The highest BCUT2D eigenvalue weighted by Crippen LogP contribution is 2.20. The first-order valence-corrected chi connectivity index (χ1v) is 9.84. The second kappa shape index (κ2) is 8.97. The Balaban J connectivity index is 1.54. The van der Waals surface area contributed by atoms with Crippen molar-refractivity contribution in [3.05, 3.63) is 17.5 Å². The number of nitrogens with one attached hydrogen (secondary N) is 1. The van der Waals surface area contributed by atoms with Crippen LogP contribution in [0.15, 0.2) is 6.07 Å². The van der Waals surface area contributed by atoms with Crippen LogP contribution in [0.25, 0.3) is 0 Å². The fraction of sp³-hybridized carbons (Fsp3) is 0.789. The molecule has 0 aromatic carbocycles. The van der Waals surface area contributed by atoms with Gasteiger partial charge in [0.15, 0.2) is 0 Å². The Labute approximate surface area is 156 Å².